The van der Waals surface area contributed by atoms with Crippen LogP contribution in [0.4, 0.5) is 5.82 Å². The molecule has 0 spiro atoms. The topological polar surface area (TPSA) is 84.8 Å². The van der Waals surface area contributed by atoms with Crippen LogP contribution in [-0.2, 0) is 11.3 Å². The fraction of sp³-hybridized carbons (Fsp3) is 0.533. The lowest BCUT2D eigenvalue weighted by Crippen LogP contribution is -2.18. The van der Waals surface area contributed by atoms with E-state index in [0.717, 1.165) is 31.7 Å². The molecule has 4 rings (SSSR count). The molecule has 1 amide bonds. The maximum Gasteiger partial charge on any atom is 0.275 e. The van der Waals surface area contributed by atoms with E-state index in [9.17, 15) is 4.79 Å². The molecule has 0 bridgehead atoms. The zero-order chi connectivity index (χ0) is 14.9. The van der Waals surface area contributed by atoms with E-state index in [4.69, 9.17) is 4.74 Å². The van der Waals surface area contributed by atoms with Crippen LogP contribution < -0.4 is 5.32 Å². The molecule has 116 valence electrons. The Kier molecular flexibility index (Phi) is 3.42. The molecule has 7 nitrogen and oxygen atoms in total. The van der Waals surface area contributed by atoms with Crippen molar-refractivity contribution >= 4 is 11.7 Å². The van der Waals surface area contributed by atoms with E-state index in [2.05, 4.69) is 20.6 Å². The van der Waals surface area contributed by atoms with Crippen LogP contribution in [0.25, 0.3) is 0 Å². The van der Waals surface area contributed by atoms with E-state index in [0.29, 0.717) is 17.4 Å². The van der Waals surface area contributed by atoms with Gasteiger partial charge in [0.25, 0.3) is 5.91 Å². The number of aromatic nitrogens is 4. The Morgan fingerprint density at radius 3 is 3.14 bits per heavy atom. The van der Waals surface area contributed by atoms with E-state index in [-0.39, 0.29) is 12.0 Å². The van der Waals surface area contributed by atoms with Crippen LogP contribution in [0.1, 0.15) is 48.0 Å². The summed E-state index contributed by atoms with van der Waals surface area (Å²) in [5.74, 6) is 1.01. The van der Waals surface area contributed by atoms with Gasteiger partial charge < -0.3 is 10.1 Å². The first kappa shape index (κ1) is 13.5. The first-order valence-corrected chi connectivity index (χ1v) is 7.79. The number of nitrogens with zero attached hydrogens (tertiary/aromatic N) is 3. The van der Waals surface area contributed by atoms with E-state index in [1.54, 1.807) is 16.9 Å². The minimum absolute atomic E-state index is 0.0681. The number of H-pyrrole nitrogens is 1. The standard InChI is InChI=1S/C15H19N5O2/c21-15(12-5-6-16-20(12)9-10-3-4-10)17-14-8-11(18-19-14)13-2-1-7-22-13/h5-6,8,10,13H,1-4,7,9H2,(H2,17,18,19,21). The summed E-state index contributed by atoms with van der Waals surface area (Å²) in [4.78, 5) is 12.4. The molecule has 1 aliphatic carbocycles. The van der Waals surface area contributed by atoms with Crippen molar-refractivity contribution < 1.29 is 9.53 Å². The molecule has 1 saturated heterocycles. The summed E-state index contributed by atoms with van der Waals surface area (Å²) in [6, 6.07) is 3.58. The molecule has 2 aliphatic rings. The molecule has 1 atom stereocenters. The second kappa shape index (κ2) is 5.57. The second-order valence-corrected chi connectivity index (χ2v) is 6.01. The first-order chi connectivity index (χ1) is 10.8. The van der Waals surface area contributed by atoms with Gasteiger partial charge in [0.05, 0.1) is 11.8 Å². The molecule has 1 unspecified atom stereocenters. The summed E-state index contributed by atoms with van der Waals surface area (Å²) in [6.07, 6.45) is 6.24. The van der Waals surface area contributed by atoms with E-state index >= 15 is 0 Å². The zero-order valence-electron chi connectivity index (χ0n) is 12.3. The van der Waals surface area contributed by atoms with Crippen molar-refractivity contribution in [2.24, 2.45) is 5.92 Å². The summed E-state index contributed by atoms with van der Waals surface area (Å²) >= 11 is 0. The Morgan fingerprint density at radius 1 is 1.45 bits per heavy atom. The highest BCUT2D eigenvalue weighted by Gasteiger charge is 2.25. The van der Waals surface area contributed by atoms with Gasteiger partial charge in [0.2, 0.25) is 0 Å². The van der Waals surface area contributed by atoms with Crippen LogP contribution in [-0.4, -0.2) is 32.5 Å². The molecule has 2 aromatic heterocycles. The van der Waals surface area contributed by atoms with Crippen LogP contribution in [0.3, 0.4) is 0 Å². The summed E-state index contributed by atoms with van der Waals surface area (Å²) in [5.41, 5.74) is 1.49. The van der Waals surface area contributed by atoms with Crippen LogP contribution >= 0.6 is 0 Å². The number of amides is 1. The number of carbonyl (C=O) groups excluding carboxylic acids is 1. The predicted molar refractivity (Wildman–Crippen MR) is 79.4 cm³/mol. The SMILES string of the molecule is O=C(Nc1cc(C2CCCO2)[nH]n1)c1ccnn1CC1CC1. The van der Waals surface area contributed by atoms with Gasteiger partial charge >= 0.3 is 0 Å². The van der Waals surface area contributed by atoms with Crippen LogP contribution in [0, 0.1) is 5.92 Å². The Hall–Kier alpha value is -2.15. The maximum atomic E-state index is 12.4. The average Bonchev–Trinajstić information content (AvgIpc) is 2.96. The van der Waals surface area contributed by atoms with Crippen molar-refractivity contribution in [3.05, 3.63) is 29.7 Å². The molecular weight excluding hydrogens is 282 g/mol. The number of nitrogens with one attached hydrogen (secondary N) is 2. The van der Waals surface area contributed by atoms with Crippen molar-refractivity contribution in [2.45, 2.75) is 38.3 Å². The van der Waals surface area contributed by atoms with E-state index < -0.39 is 0 Å². The number of carbonyl (C=O) groups is 1. The molecule has 7 heteroatoms. The van der Waals surface area contributed by atoms with Crippen molar-refractivity contribution in [3.63, 3.8) is 0 Å². The summed E-state index contributed by atoms with van der Waals surface area (Å²) < 4.78 is 7.38. The number of ether oxygens (including phenoxy) is 1. The second-order valence-electron chi connectivity index (χ2n) is 6.01. The summed E-state index contributed by atoms with van der Waals surface area (Å²) in [5, 5.41) is 14.1. The number of hydrogen-bond acceptors (Lipinski definition) is 4. The Morgan fingerprint density at radius 2 is 2.36 bits per heavy atom. The Balaban J connectivity index is 1.44. The fourth-order valence-electron chi connectivity index (χ4n) is 2.78. The number of aromatic amines is 1. The van der Waals surface area contributed by atoms with Gasteiger partial charge in [0.1, 0.15) is 5.69 Å². The van der Waals surface area contributed by atoms with Gasteiger partial charge in [-0.05, 0) is 37.7 Å². The van der Waals surface area contributed by atoms with Crippen LogP contribution in [0.15, 0.2) is 18.3 Å². The molecule has 22 heavy (non-hydrogen) atoms. The largest absolute Gasteiger partial charge is 0.372 e. The third-order valence-electron chi connectivity index (χ3n) is 4.19. The van der Waals surface area contributed by atoms with Gasteiger partial charge in [0, 0.05) is 25.4 Å². The van der Waals surface area contributed by atoms with Crippen molar-refractivity contribution in [1.29, 1.82) is 0 Å². The number of rotatable bonds is 5. The molecule has 1 saturated carbocycles. The number of anilines is 1. The summed E-state index contributed by atoms with van der Waals surface area (Å²) in [6.45, 7) is 1.60. The molecule has 2 aromatic rings. The van der Waals surface area contributed by atoms with Gasteiger partial charge in [-0.25, -0.2) is 0 Å². The lowest BCUT2D eigenvalue weighted by atomic mass is 10.2. The summed E-state index contributed by atoms with van der Waals surface area (Å²) in [7, 11) is 0. The normalized spacial score (nSPS) is 21.2. The monoisotopic (exact) mass is 301 g/mol. The van der Waals surface area contributed by atoms with Crippen LogP contribution in [0.5, 0.6) is 0 Å². The quantitative estimate of drug-likeness (QED) is 0.886. The van der Waals surface area contributed by atoms with Crippen molar-refractivity contribution in [3.8, 4) is 0 Å². The highest BCUT2D eigenvalue weighted by molar-refractivity contribution is 6.02. The molecular formula is C15H19N5O2. The lowest BCUT2D eigenvalue weighted by molar-refractivity contribution is 0.101. The fourth-order valence-corrected chi connectivity index (χ4v) is 2.78. The third-order valence-corrected chi connectivity index (χ3v) is 4.19. The Bertz CT molecular complexity index is 667. The highest BCUT2D eigenvalue weighted by Crippen LogP contribution is 2.31. The minimum Gasteiger partial charge on any atom is -0.372 e. The molecule has 0 radical (unpaired) electrons. The smallest absolute Gasteiger partial charge is 0.275 e. The molecule has 0 aromatic carbocycles. The molecule has 2 fully saturated rings. The average molecular weight is 301 g/mol. The van der Waals surface area contributed by atoms with Crippen molar-refractivity contribution in [2.75, 3.05) is 11.9 Å². The van der Waals surface area contributed by atoms with Gasteiger partial charge in [-0.2, -0.15) is 10.2 Å². The van der Waals surface area contributed by atoms with Gasteiger partial charge in [-0.1, -0.05) is 0 Å². The van der Waals surface area contributed by atoms with E-state index in [1.807, 2.05) is 6.07 Å². The predicted octanol–water partition coefficient (Wildman–Crippen LogP) is 2.12. The zero-order valence-corrected chi connectivity index (χ0v) is 12.3. The lowest BCUT2D eigenvalue weighted by Gasteiger charge is -2.06. The Labute approximate surface area is 128 Å². The maximum absolute atomic E-state index is 12.4. The van der Waals surface area contributed by atoms with Gasteiger partial charge in [-0.15, -0.1) is 0 Å². The third kappa shape index (κ3) is 2.76. The first-order valence-electron chi connectivity index (χ1n) is 7.79. The molecule has 3 heterocycles. The van der Waals surface area contributed by atoms with Crippen molar-refractivity contribution in [1.82, 2.24) is 20.0 Å². The van der Waals surface area contributed by atoms with Gasteiger partial charge in [0.15, 0.2) is 5.82 Å². The van der Waals surface area contributed by atoms with Crippen LogP contribution in [0.2, 0.25) is 0 Å². The molecule has 2 N–H and O–H groups in total. The van der Waals surface area contributed by atoms with Gasteiger partial charge in [-0.3, -0.25) is 14.6 Å². The highest BCUT2D eigenvalue weighted by atomic mass is 16.5. The van der Waals surface area contributed by atoms with E-state index in [1.165, 1.54) is 12.8 Å². The number of hydrogen-bond donors (Lipinski definition) is 2. The minimum atomic E-state index is -0.177. The molecule has 1 aliphatic heterocycles.